The van der Waals surface area contributed by atoms with Gasteiger partial charge in [-0.25, -0.2) is 17.6 Å². The van der Waals surface area contributed by atoms with Crippen molar-refractivity contribution in [3.8, 4) is 0 Å². The van der Waals surface area contributed by atoms with Crippen LogP contribution in [0.25, 0.3) is 0 Å². The van der Waals surface area contributed by atoms with Gasteiger partial charge < -0.3 is 5.32 Å². The van der Waals surface area contributed by atoms with Gasteiger partial charge >= 0.3 is 6.03 Å². The van der Waals surface area contributed by atoms with Gasteiger partial charge in [0.05, 0.1) is 10.6 Å². The van der Waals surface area contributed by atoms with Crippen LogP contribution >= 0.6 is 15.9 Å². The van der Waals surface area contributed by atoms with Crippen molar-refractivity contribution < 1.29 is 22.4 Å². The monoisotopic (exact) mass is 468 g/mol. The summed E-state index contributed by atoms with van der Waals surface area (Å²) < 4.78 is 39.0. The van der Waals surface area contributed by atoms with E-state index in [0.29, 0.717) is 5.56 Å². The fourth-order valence-corrected chi connectivity index (χ4v) is 4.65. The molecule has 1 atom stereocenters. The zero-order valence-corrected chi connectivity index (χ0v) is 17.4. The average Bonchev–Trinajstić information content (AvgIpc) is 2.91. The molecule has 28 heavy (non-hydrogen) atoms. The number of amides is 3. The summed E-state index contributed by atoms with van der Waals surface area (Å²) in [5.74, 6) is -1.39. The standard InChI is InChI=1S/C19H18BrFN2O4S/c1-2-19(13-3-7-15(21)8-4-13)17(24)23(18(25)22-19)11-12-28(26,27)16-9-5-14(20)6-10-16/h3-10H,2,11-12H2,1H3,(H,22,25). The SMILES string of the molecule is CCC1(c2ccc(F)cc2)NC(=O)N(CCS(=O)(=O)c2ccc(Br)cc2)C1=O. The maximum absolute atomic E-state index is 13.2. The quantitative estimate of drug-likeness (QED) is 0.659. The lowest BCUT2D eigenvalue weighted by Gasteiger charge is -2.25. The van der Waals surface area contributed by atoms with Crippen LogP contribution in [-0.2, 0) is 20.2 Å². The van der Waals surface area contributed by atoms with Crippen LogP contribution in [0.5, 0.6) is 0 Å². The Hall–Kier alpha value is -2.26. The van der Waals surface area contributed by atoms with Crippen LogP contribution in [0.1, 0.15) is 18.9 Å². The number of imide groups is 1. The van der Waals surface area contributed by atoms with Gasteiger partial charge in [-0.3, -0.25) is 9.69 Å². The minimum absolute atomic E-state index is 0.114. The largest absolute Gasteiger partial charge is 0.325 e. The number of urea groups is 1. The number of benzene rings is 2. The summed E-state index contributed by atoms with van der Waals surface area (Å²) in [5, 5.41) is 2.65. The Morgan fingerprint density at radius 2 is 1.68 bits per heavy atom. The van der Waals surface area contributed by atoms with E-state index in [2.05, 4.69) is 21.2 Å². The lowest BCUT2D eigenvalue weighted by Crippen LogP contribution is -2.43. The second-order valence-corrected chi connectivity index (χ2v) is 9.45. The van der Waals surface area contributed by atoms with E-state index in [1.54, 1.807) is 19.1 Å². The van der Waals surface area contributed by atoms with E-state index in [4.69, 9.17) is 0 Å². The summed E-state index contributed by atoms with van der Waals surface area (Å²) in [6.45, 7) is 1.45. The predicted octanol–water partition coefficient (Wildman–Crippen LogP) is 3.22. The van der Waals surface area contributed by atoms with Crippen molar-refractivity contribution in [1.82, 2.24) is 10.2 Å². The second-order valence-electron chi connectivity index (χ2n) is 6.43. The number of nitrogens with zero attached hydrogens (tertiary/aromatic N) is 1. The third-order valence-electron chi connectivity index (χ3n) is 4.80. The fourth-order valence-electron chi connectivity index (χ4n) is 3.17. The molecule has 1 aliphatic rings. The topological polar surface area (TPSA) is 83.6 Å². The number of carbonyl (C=O) groups is 2. The molecular formula is C19H18BrFN2O4S. The molecule has 0 saturated carbocycles. The van der Waals surface area contributed by atoms with Gasteiger partial charge in [-0.1, -0.05) is 35.0 Å². The average molecular weight is 469 g/mol. The highest BCUT2D eigenvalue weighted by Gasteiger charge is 2.51. The van der Waals surface area contributed by atoms with Crippen LogP contribution in [0, 0.1) is 5.82 Å². The molecule has 1 N–H and O–H groups in total. The summed E-state index contributed by atoms with van der Waals surface area (Å²) >= 11 is 3.24. The van der Waals surface area contributed by atoms with Crippen molar-refractivity contribution in [2.75, 3.05) is 12.3 Å². The van der Waals surface area contributed by atoms with E-state index in [1.807, 2.05) is 0 Å². The van der Waals surface area contributed by atoms with Crippen LogP contribution in [0.15, 0.2) is 57.9 Å². The van der Waals surface area contributed by atoms with Gasteiger partial charge in [-0.05, 0) is 48.4 Å². The summed E-state index contributed by atoms with van der Waals surface area (Å²) in [4.78, 5) is 26.4. The molecule has 0 spiro atoms. The maximum atomic E-state index is 13.2. The lowest BCUT2D eigenvalue weighted by molar-refractivity contribution is -0.131. The molecule has 0 radical (unpaired) electrons. The molecule has 1 aliphatic heterocycles. The van der Waals surface area contributed by atoms with Crippen molar-refractivity contribution in [1.29, 1.82) is 0 Å². The van der Waals surface area contributed by atoms with Gasteiger partial charge in [0.1, 0.15) is 11.4 Å². The molecule has 0 bridgehead atoms. The normalized spacial score (nSPS) is 19.8. The van der Waals surface area contributed by atoms with Gasteiger partial charge in [0.15, 0.2) is 9.84 Å². The minimum atomic E-state index is -3.67. The zero-order chi connectivity index (χ0) is 20.5. The Kier molecular flexibility index (Phi) is 5.58. The molecule has 0 aliphatic carbocycles. The molecule has 0 aromatic heterocycles. The summed E-state index contributed by atoms with van der Waals surface area (Å²) in [5.41, 5.74) is -0.875. The Morgan fingerprint density at radius 3 is 2.25 bits per heavy atom. The Bertz CT molecular complexity index is 1010. The first kappa shape index (κ1) is 20.5. The molecule has 1 heterocycles. The molecule has 2 aromatic carbocycles. The molecule has 1 saturated heterocycles. The van der Waals surface area contributed by atoms with Crippen molar-refractivity contribution in [3.05, 3.63) is 64.4 Å². The number of sulfone groups is 1. The van der Waals surface area contributed by atoms with E-state index in [-0.39, 0.29) is 17.9 Å². The summed E-state index contributed by atoms with van der Waals surface area (Å²) in [6, 6.07) is 10.8. The van der Waals surface area contributed by atoms with E-state index in [9.17, 15) is 22.4 Å². The number of hydrogen-bond donors (Lipinski definition) is 1. The Morgan fingerprint density at radius 1 is 1.07 bits per heavy atom. The third kappa shape index (κ3) is 3.68. The first-order chi connectivity index (χ1) is 13.2. The highest BCUT2D eigenvalue weighted by atomic mass is 79.9. The number of rotatable bonds is 6. The van der Waals surface area contributed by atoms with Crippen LogP contribution in [0.3, 0.4) is 0 Å². The van der Waals surface area contributed by atoms with Crippen LogP contribution < -0.4 is 5.32 Å². The number of nitrogens with one attached hydrogen (secondary N) is 1. The number of carbonyl (C=O) groups excluding carboxylic acids is 2. The highest BCUT2D eigenvalue weighted by Crippen LogP contribution is 2.32. The van der Waals surface area contributed by atoms with E-state index >= 15 is 0 Å². The van der Waals surface area contributed by atoms with Crippen molar-refractivity contribution in [3.63, 3.8) is 0 Å². The van der Waals surface area contributed by atoms with Crippen LogP contribution in [0.4, 0.5) is 9.18 Å². The van der Waals surface area contributed by atoms with E-state index in [1.165, 1.54) is 36.4 Å². The first-order valence-electron chi connectivity index (χ1n) is 8.58. The first-order valence-corrected chi connectivity index (χ1v) is 11.0. The second kappa shape index (κ2) is 7.63. The molecular weight excluding hydrogens is 451 g/mol. The molecule has 148 valence electrons. The van der Waals surface area contributed by atoms with Crippen molar-refractivity contribution in [2.45, 2.75) is 23.8 Å². The minimum Gasteiger partial charge on any atom is -0.319 e. The number of hydrogen-bond acceptors (Lipinski definition) is 4. The molecule has 3 rings (SSSR count). The molecule has 6 nitrogen and oxygen atoms in total. The molecule has 9 heteroatoms. The Labute approximate surface area is 170 Å². The predicted molar refractivity (Wildman–Crippen MR) is 105 cm³/mol. The fraction of sp³-hybridized carbons (Fsp3) is 0.263. The van der Waals surface area contributed by atoms with Crippen LogP contribution in [-0.4, -0.2) is 37.6 Å². The lowest BCUT2D eigenvalue weighted by atomic mass is 9.87. The molecule has 1 fully saturated rings. The zero-order valence-electron chi connectivity index (χ0n) is 15.0. The van der Waals surface area contributed by atoms with Crippen LogP contribution in [0.2, 0.25) is 0 Å². The Balaban J connectivity index is 1.81. The number of halogens is 2. The summed E-state index contributed by atoms with van der Waals surface area (Å²) in [6.07, 6.45) is 0.249. The smallest absolute Gasteiger partial charge is 0.319 e. The van der Waals surface area contributed by atoms with Gasteiger partial charge in [-0.2, -0.15) is 0 Å². The molecule has 3 amide bonds. The van der Waals surface area contributed by atoms with Gasteiger partial charge in [0.2, 0.25) is 0 Å². The van der Waals surface area contributed by atoms with E-state index < -0.39 is 38.9 Å². The third-order valence-corrected chi connectivity index (χ3v) is 7.04. The van der Waals surface area contributed by atoms with Gasteiger partial charge in [0.25, 0.3) is 5.91 Å². The van der Waals surface area contributed by atoms with Gasteiger partial charge in [-0.15, -0.1) is 0 Å². The van der Waals surface area contributed by atoms with E-state index in [0.717, 1.165) is 9.37 Å². The molecule has 1 unspecified atom stereocenters. The summed E-state index contributed by atoms with van der Waals surface area (Å²) in [7, 11) is -3.67. The highest BCUT2D eigenvalue weighted by molar-refractivity contribution is 9.10. The van der Waals surface area contributed by atoms with Crippen molar-refractivity contribution in [2.24, 2.45) is 0 Å². The maximum Gasteiger partial charge on any atom is 0.325 e. The van der Waals surface area contributed by atoms with Gasteiger partial charge in [0, 0.05) is 11.0 Å². The van der Waals surface area contributed by atoms with Crippen molar-refractivity contribution >= 4 is 37.7 Å². The molecule has 2 aromatic rings.